The number of hydrazone groups is 1. The molecule has 1 fully saturated rings. The van der Waals surface area contributed by atoms with E-state index in [9.17, 15) is 18.0 Å². The molecule has 1 atom stereocenters. The maximum absolute atomic E-state index is 12.5. The van der Waals surface area contributed by atoms with E-state index in [2.05, 4.69) is 27.5 Å². The van der Waals surface area contributed by atoms with Crippen LogP contribution in [0.25, 0.3) is 0 Å². The highest BCUT2D eigenvalue weighted by atomic mass is 32.2. The number of anilines is 1. The summed E-state index contributed by atoms with van der Waals surface area (Å²) in [6.07, 6.45) is 4.83. The summed E-state index contributed by atoms with van der Waals surface area (Å²) in [5.74, 6) is -0.731. The largest absolute Gasteiger partial charge is 0.295 e. The molecular weight excluding hydrogens is 390 g/mol. The number of hydrogen-bond acceptors (Lipinski definition) is 8. The van der Waals surface area contributed by atoms with Crippen LogP contribution in [0.2, 0.25) is 0 Å². The van der Waals surface area contributed by atoms with Crippen LogP contribution < -0.4 is 5.32 Å². The number of unbranched alkanes of at least 4 members (excludes halogenated alkanes) is 2. The number of carbonyl (C=O) groups is 2. The normalized spacial score (nSPS) is 22.0. The second-order valence-corrected chi connectivity index (χ2v) is 10.0. The van der Waals surface area contributed by atoms with Crippen LogP contribution in [0.5, 0.6) is 0 Å². The van der Waals surface area contributed by atoms with Crippen molar-refractivity contribution < 1.29 is 18.0 Å². The van der Waals surface area contributed by atoms with Gasteiger partial charge >= 0.3 is 0 Å². The fourth-order valence-corrected chi connectivity index (χ4v) is 5.56. The second-order valence-electron chi connectivity index (χ2n) is 6.75. The molecule has 0 saturated carbocycles. The molecule has 0 bridgehead atoms. The summed E-state index contributed by atoms with van der Waals surface area (Å²) in [4.78, 5) is 24.6. The van der Waals surface area contributed by atoms with Crippen LogP contribution in [0.1, 0.15) is 50.5 Å². The number of amides is 2. The molecular formula is C16H23N5O4S2. The summed E-state index contributed by atoms with van der Waals surface area (Å²) in [6.45, 7) is 2.13. The van der Waals surface area contributed by atoms with Crippen LogP contribution in [-0.4, -0.2) is 58.7 Å². The predicted molar refractivity (Wildman–Crippen MR) is 102 cm³/mol. The van der Waals surface area contributed by atoms with E-state index in [-0.39, 0.29) is 36.0 Å². The van der Waals surface area contributed by atoms with Crippen molar-refractivity contribution in [1.29, 1.82) is 0 Å². The van der Waals surface area contributed by atoms with Gasteiger partial charge in [0.25, 0.3) is 5.91 Å². The van der Waals surface area contributed by atoms with Crippen molar-refractivity contribution >= 4 is 43.8 Å². The van der Waals surface area contributed by atoms with E-state index >= 15 is 0 Å². The summed E-state index contributed by atoms with van der Waals surface area (Å²) in [5.41, 5.74) is 0.210. The summed E-state index contributed by atoms with van der Waals surface area (Å²) in [6, 6.07) is -0.489. The molecule has 1 aromatic heterocycles. The number of sulfone groups is 1. The van der Waals surface area contributed by atoms with Gasteiger partial charge in [-0.1, -0.05) is 31.1 Å². The zero-order chi connectivity index (χ0) is 19.4. The molecule has 1 N–H and O–H groups in total. The van der Waals surface area contributed by atoms with E-state index in [1.54, 1.807) is 0 Å². The molecule has 3 rings (SSSR count). The minimum Gasteiger partial charge on any atom is -0.295 e. The zero-order valence-corrected chi connectivity index (χ0v) is 16.8. The minimum atomic E-state index is -3.14. The van der Waals surface area contributed by atoms with Gasteiger partial charge in [-0.2, -0.15) is 5.10 Å². The third kappa shape index (κ3) is 5.10. The topological polar surface area (TPSA) is 122 Å². The molecule has 2 aliphatic rings. The van der Waals surface area contributed by atoms with Gasteiger partial charge in [-0.25, -0.2) is 13.4 Å². The van der Waals surface area contributed by atoms with E-state index in [0.29, 0.717) is 11.6 Å². The number of aromatic nitrogens is 2. The predicted octanol–water partition coefficient (Wildman–Crippen LogP) is 1.37. The standard InChI is InChI=1S/C16H23N5O4S2/c1-2-3-4-5-13-18-19-16(26-13)17-15(23)12-6-7-14(22)21(20-12)11-8-9-27(24,25)10-11/h11H,2-10H2,1H3,(H,17,19,23)/t11-/m0/s1. The van der Waals surface area contributed by atoms with E-state index in [0.717, 1.165) is 30.7 Å². The fraction of sp³-hybridized carbons (Fsp3) is 0.688. The lowest BCUT2D eigenvalue weighted by molar-refractivity contribution is -0.133. The Labute approximate surface area is 162 Å². The van der Waals surface area contributed by atoms with Crippen molar-refractivity contribution in [3.05, 3.63) is 5.01 Å². The van der Waals surface area contributed by atoms with Gasteiger partial charge in [-0.15, -0.1) is 10.2 Å². The van der Waals surface area contributed by atoms with Crippen LogP contribution in [-0.2, 0) is 25.8 Å². The van der Waals surface area contributed by atoms with Gasteiger partial charge in [0, 0.05) is 19.3 Å². The monoisotopic (exact) mass is 413 g/mol. The highest BCUT2D eigenvalue weighted by Crippen LogP contribution is 2.23. The lowest BCUT2D eigenvalue weighted by Crippen LogP contribution is -2.42. The molecule has 9 nitrogen and oxygen atoms in total. The Bertz CT molecular complexity index is 849. The summed E-state index contributed by atoms with van der Waals surface area (Å²) >= 11 is 1.33. The number of rotatable bonds is 7. The van der Waals surface area contributed by atoms with Gasteiger partial charge in [0.15, 0.2) is 9.84 Å². The molecule has 3 heterocycles. The molecule has 148 valence electrons. The maximum atomic E-state index is 12.5. The van der Waals surface area contributed by atoms with Gasteiger partial charge in [0.05, 0.1) is 17.5 Å². The molecule has 0 unspecified atom stereocenters. The molecule has 0 aliphatic carbocycles. The smallest absolute Gasteiger partial charge is 0.273 e. The van der Waals surface area contributed by atoms with Crippen LogP contribution in [0.3, 0.4) is 0 Å². The Hall–Kier alpha value is -1.88. The lowest BCUT2D eigenvalue weighted by atomic mass is 10.1. The first-order valence-corrected chi connectivity index (χ1v) is 11.8. The molecule has 1 aromatic rings. The highest BCUT2D eigenvalue weighted by Gasteiger charge is 2.37. The minimum absolute atomic E-state index is 0.0457. The number of carbonyl (C=O) groups excluding carboxylic acids is 2. The molecule has 2 aliphatic heterocycles. The molecule has 0 aromatic carbocycles. The van der Waals surface area contributed by atoms with Crippen molar-refractivity contribution in [3.8, 4) is 0 Å². The number of nitrogens with one attached hydrogen (secondary N) is 1. The van der Waals surface area contributed by atoms with Crippen molar-refractivity contribution in [1.82, 2.24) is 15.2 Å². The Balaban J connectivity index is 1.64. The van der Waals surface area contributed by atoms with Crippen molar-refractivity contribution in [2.24, 2.45) is 5.10 Å². The number of hydrogen-bond donors (Lipinski definition) is 1. The van der Waals surface area contributed by atoms with Crippen LogP contribution in [0.4, 0.5) is 5.13 Å². The fourth-order valence-electron chi connectivity index (χ4n) is 3.09. The summed E-state index contributed by atoms with van der Waals surface area (Å²) in [5, 5.41) is 17.4. The van der Waals surface area contributed by atoms with Gasteiger partial charge in [0.1, 0.15) is 10.7 Å². The van der Waals surface area contributed by atoms with Gasteiger partial charge in [0.2, 0.25) is 11.0 Å². The Morgan fingerprint density at radius 3 is 2.81 bits per heavy atom. The third-order valence-corrected chi connectivity index (χ3v) is 7.21. The SMILES string of the molecule is CCCCCc1nnc(NC(=O)C2=NN([C@H]3CCS(=O)(=O)C3)C(=O)CC2)s1. The maximum Gasteiger partial charge on any atom is 0.273 e. The van der Waals surface area contributed by atoms with E-state index in [4.69, 9.17) is 0 Å². The Kier molecular flexibility index (Phi) is 6.20. The molecule has 0 spiro atoms. The van der Waals surface area contributed by atoms with Crippen molar-refractivity contribution in [3.63, 3.8) is 0 Å². The Morgan fingerprint density at radius 2 is 2.11 bits per heavy atom. The van der Waals surface area contributed by atoms with E-state index in [1.807, 2.05) is 0 Å². The van der Waals surface area contributed by atoms with Gasteiger partial charge < -0.3 is 0 Å². The molecule has 1 saturated heterocycles. The van der Waals surface area contributed by atoms with Crippen molar-refractivity contribution in [2.75, 3.05) is 16.8 Å². The average molecular weight is 414 g/mol. The number of aryl methyl sites for hydroxylation is 1. The second kappa shape index (κ2) is 8.42. The average Bonchev–Trinajstić information content (AvgIpc) is 3.21. The molecule has 0 radical (unpaired) electrons. The Morgan fingerprint density at radius 1 is 1.30 bits per heavy atom. The van der Waals surface area contributed by atoms with E-state index < -0.39 is 21.8 Å². The molecule has 2 amide bonds. The van der Waals surface area contributed by atoms with Gasteiger partial charge in [-0.3, -0.25) is 14.9 Å². The summed E-state index contributed by atoms with van der Waals surface area (Å²) in [7, 11) is -3.14. The molecule has 27 heavy (non-hydrogen) atoms. The summed E-state index contributed by atoms with van der Waals surface area (Å²) < 4.78 is 23.3. The van der Waals surface area contributed by atoms with Crippen LogP contribution in [0.15, 0.2) is 5.10 Å². The zero-order valence-electron chi connectivity index (χ0n) is 15.2. The number of nitrogens with zero attached hydrogens (tertiary/aromatic N) is 4. The molecule has 11 heteroatoms. The van der Waals surface area contributed by atoms with Crippen LogP contribution >= 0.6 is 11.3 Å². The quantitative estimate of drug-likeness (QED) is 0.674. The van der Waals surface area contributed by atoms with Gasteiger partial charge in [-0.05, 0) is 12.8 Å². The van der Waals surface area contributed by atoms with Crippen LogP contribution in [0, 0.1) is 0 Å². The highest BCUT2D eigenvalue weighted by molar-refractivity contribution is 7.91. The third-order valence-electron chi connectivity index (χ3n) is 4.56. The lowest BCUT2D eigenvalue weighted by Gasteiger charge is -2.27. The van der Waals surface area contributed by atoms with Crippen molar-refractivity contribution in [2.45, 2.75) is 57.9 Å². The first-order chi connectivity index (χ1) is 12.9. The van der Waals surface area contributed by atoms with E-state index in [1.165, 1.54) is 16.3 Å². The first-order valence-electron chi connectivity index (χ1n) is 9.11. The first kappa shape index (κ1) is 19.9.